The predicted molar refractivity (Wildman–Crippen MR) is 73.2 cm³/mol. The smallest absolute Gasteiger partial charge is 0.251 e. The number of hydrogen-bond donors (Lipinski definition) is 2. The number of halogens is 2. The maximum atomic E-state index is 13.1. The van der Waals surface area contributed by atoms with Gasteiger partial charge in [0.2, 0.25) is 0 Å². The maximum Gasteiger partial charge on any atom is 0.251 e. The second-order valence-corrected chi connectivity index (χ2v) is 5.38. The van der Waals surface area contributed by atoms with E-state index in [1.54, 1.807) is 0 Å². The zero-order valence-electron chi connectivity index (χ0n) is 11.4. The van der Waals surface area contributed by atoms with Crippen molar-refractivity contribution in [2.75, 3.05) is 13.1 Å². The molecule has 1 fully saturated rings. The van der Waals surface area contributed by atoms with E-state index in [0.717, 1.165) is 31.4 Å². The Balaban J connectivity index is 1.92. The van der Waals surface area contributed by atoms with Crippen molar-refractivity contribution in [2.24, 2.45) is 17.6 Å². The monoisotopic (exact) mass is 282 g/mol. The summed E-state index contributed by atoms with van der Waals surface area (Å²) in [6.45, 7) is 1.17. The highest BCUT2D eigenvalue weighted by Gasteiger charge is 2.24. The molecule has 20 heavy (non-hydrogen) atoms. The fraction of sp³-hybridized carbons (Fsp3) is 0.533. The van der Waals surface area contributed by atoms with Crippen LogP contribution in [0.2, 0.25) is 0 Å². The molecule has 1 aliphatic carbocycles. The molecule has 110 valence electrons. The molecule has 0 spiro atoms. The van der Waals surface area contributed by atoms with Gasteiger partial charge in [0.05, 0.1) is 0 Å². The first-order chi connectivity index (χ1) is 9.61. The lowest BCUT2D eigenvalue weighted by Gasteiger charge is -2.30. The fourth-order valence-corrected chi connectivity index (χ4v) is 2.83. The van der Waals surface area contributed by atoms with Crippen molar-refractivity contribution in [3.05, 3.63) is 35.4 Å². The summed E-state index contributed by atoms with van der Waals surface area (Å²) in [4.78, 5) is 11.9. The number of hydrogen-bond acceptors (Lipinski definition) is 2. The van der Waals surface area contributed by atoms with Crippen LogP contribution in [-0.4, -0.2) is 19.0 Å². The molecular formula is C15H20F2N2O. The highest BCUT2D eigenvalue weighted by molar-refractivity contribution is 5.94. The number of rotatable bonds is 4. The van der Waals surface area contributed by atoms with Gasteiger partial charge in [-0.3, -0.25) is 4.79 Å². The topological polar surface area (TPSA) is 55.1 Å². The molecule has 0 aliphatic heterocycles. The predicted octanol–water partition coefficient (Wildman–Crippen LogP) is 2.46. The summed E-state index contributed by atoms with van der Waals surface area (Å²) in [5, 5.41) is 2.80. The zero-order chi connectivity index (χ0) is 14.5. The van der Waals surface area contributed by atoms with Gasteiger partial charge in [-0.25, -0.2) is 8.78 Å². The lowest BCUT2D eigenvalue weighted by molar-refractivity contribution is 0.0934. The van der Waals surface area contributed by atoms with Crippen LogP contribution < -0.4 is 11.1 Å². The molecule has 2 atom stereocenters. The first-order valence-electron chi connectivity index (χ1n) is 7.05. The molecule has 3 N–H and O–H groups in total. The number of carbonyl (C=O) groups excluding carboxylic acids is 1. The molecule has 5 heteroatoms. The normalized spacial score (nSPS) is 22.6. The third kappa shape index (κ3) is 3.54. The van der Waals surface area contributed by atoms with Gasteiger partial charge >= 0.3 is 0 Å². The molecule has 0 radical (unpaired) electrons. The highest BCUT2D eigenvalue weighted by Crippen LogP contribution is 2.28. The average molecular weight is 282 g/mol. The van der Waals surface area contributed by atoms with Crippen LogP contribution in [0.15, 0.2) is 18.2 Å². The Hall–Kier alpha value is -1.49. The Bertz CT molecular complexity index is 479. The van der Waals surface area contributed by atoms with Crippen molar-refractivity contribution in [1.82, 2.24) is 5.32 Å². The van der Waals surface area contributed by atoms with E-state index < -0.39 is 11.6 Å². The van der Waals surface area contributed by atoms with Crippen LogP contribution in [0.3, 0.4) is 0 Å². The van der Waals surface area contributed by atoms with E-state index in [2.05, 4.69) is 5.32 Å². The van der Waals surface area contributed by atoms with Crippen molar-refractivity contribution >= 4 is 5.91 Å². The largest absolute Gasteiger partial charge is 0.352 e. The van der Waals surface area contributed by atoms with Crippen LogP contribution in [0, 0.1) is 23.5 Å². The summed E-state index contributed by atoms with van der Waals surface area (Å²) in [5.41, 5.74) is 5.89. The third-order valence-corrected chi connectivity index (χ3v) is 4.08. The molecule has 1 amide bonds. The minimum absolute atomic E-state index is 0.143. The first kappa shape index (κ1) is 14.9. The van der Waals surface area contributed by atoms with Crippen molar-refractivity contribution in [1.29, 1.82) is 0 Å². The van der Waals surface area contributed by atoms with Gasteiger partial charge in [0.1, 0.15) is 0 Å². The number of nitrogens with two attached hydrogens (primary N) is 1. The summed E-state index contributed by atoms with van der Waals surface area (Å²) in [6, 6.07) is 3.18. The van der Waals surface area contributed by atoms with E-state index in [9.17, 15) is 13.6 Å². The molecule has 2 unspecified atom stereocenters. The summed E-state index contributed by atoms with van der Waals surface area (Å²) in [7, 11) is 0. The van der Waals surface area contributed by atoms with Crippen LogP contribution in [-0.2, 0) is 0 Å². The molecule has 1 aromatic carbocycles. The molecule has 1 aromatic rings. The summed E-state index contributed by atoms with van der Waals surface area (Å²) >= 11 is 0. The summed E-state index contributed by atoms with van der Waals surface area (Å²) in [5.74, 6) is -1.51. The van der Waals surface area contributed by atoms with Gasteiger partial charge in [0, 0.05) is 12.1 Å². The minimum Gasteiger partial charge on any atom is -0.352 e. The summed E-state index contributed by atoms with van der Waals surface area (Å²) < 4.78 is 25.9. The quantitative estimate of drug-likeness (QED) is 0.891. The van der Waals surface area contributed by atoms with Gasteiger partial charge in [0.15, 0.2) is 11.6 Å². The van der Waals surface area contributed by atoms with E-state index in [1.807, 2.05) is 0 Å². The Morgan fingerprint density at radius 1 is 1.20 bits per heavy atom. The second-order valence-electron chi connectivity index (χ2n) is 5.38. The van der Waals surface area contributed by atoms with Crippen LogP contribution in [0.1, 0.15) is 36.0 Å². The van der Waals surface area contributed by atoms with Gasteiger partial charge in [0.25, 0.3) is 5.91 Å². The highest BCUT2D eigenvalue weighted by atomic mass is 19.2. The average Bonchev–Trinajstić information content (AvgIpc) is 2.47. The van der Waals surface area contributed by atoms with Crippen molar-refractivity contribution in [3.8, 4) is 0 Å². The number of benzene rings is 1. The molecule has 0 saturated heterocycles. The Morgan fingerprint density at radius 2 is 1.90 bits per heavy atom. The van der Waals surface area contributed by atoms with Crippen molar-refractivity contribution < 1.29 is 13.6 Å². The van der Waals surface area contributed by atoms with Crippen molar-refractivity contribution in [3.63, 3.8) is 0 Å². The Kier molecular flexibility index (Phi) is 5.06. The van der Waals surface area contributed by atoms with Gasteiger partial charge in [-0.2, -0.15) is 0 Å². The molecule has 1 saturated carbocycles. The number of carbonyl (C=O) groups is 1. The van der Waals surface area contributed by atoms with Gasteiger partial charge in [-0.1, -0.05) is 12.8 Å². The lowest BCUT2D eigenvalue weighted by atomic mass is 9.79. The molecular weight excluding hydrogens is 262 g/mol. The molecule has 0 bridgehead atoms. The fourth-order valence-electron chi connectivity index (χ4n) is 2.83. The van der Waals surface area contributed by atoms with Gasteiger partial charge in [-0.15, -0.1) is 0 Å². The Morgan fingerprint density at radius 3 is 2.55 bits per heavy atom. The molecule has 0 heterocycles. The second kappa shape index (κ2) is 6.79. The van der Waals surface area contributed by atoms with Crippen molar-refractivity contribution in [2.45, 2.75) is 25.7 Å². The Labute approximate surface area is 117 Å². The van der Waals surface area contributed by atoms with Crippen LogP contribution in [0.4, 0.5) is 8.78 Å². The van der Waals surface area contributed by atoms with E-state index in [0.29, 0.717) is 24.9 Å². The molecule has 2 rings (SSSR count). The van der Waals surface area contributed by atoms with E-state index in [1.165, 1.54) is 12.5 Å². The minimum atomic E-state index is -1.00. The zero-order valence-corrected chi connectivity index (χ0v) is 11.4. The van der Waals surface area contributed by atoms with Gasteiger partial charge in [-0.05, 0) is 49.4 Å². The SMILES string of the molecule is NCC1CCCCC1CNC(=O)c1ccc(F)c(F)c1. The van der Waals surface area contributed by atoms with Crippen LogP contribution in [0.25, 0.3) is 0 Å². The summed E-state index contributed by atoms with van der Waals surface area (Å²) in [6.07, 6.45) is 4.50. The van der Waals surface area contributed by atoms with E-state index in [-0.39, 0.29) is 11.5 Å². The molecule has 3 nitrogen and oxygen atoms in total. The first-order valence-corrected chi connectivity index (χ1v) is 7.05. The standard InChI is InChI=1S/C15H20F2N2O/c16-13-6-5-10(7-14(13)17)15(20)19-9-12-4-2-1-3-11(12)8-18/h5-7,11-12H,1-4,8-9,18H2,(H,19,20). The maximum absolute atomic E-state index is 13.1. The lowest BCUT2D eigenvalue weighted by Crippen LogP contribution is -2.36. The molecule has 1 aliphatic rings. The van der Waals surface area contributed by atoms with E-state index in [4.69, 9.17) is 5.73 Å². The van der Waals surface area contributed by atoms with Crippen LogP contribution >= 0.6 is 0 Å². The molecule has 0 aromatic heterocycles. The van der Waals surface area contributed by atoms with Crippen LogP contribution in [0.5, 0.6) is 0 Å². The van der Waals surface area contributed by atoms with Gasteiger partial charge < -0.3 is 11.1 Å². The third-order valence-electron chi connectivity index (χ3n) is 4.08. The van der Waals surface area contributed by atoms with E-state index >= 15 is 0 Å². The number of amides is 1. The number of nitrogens with one attached hydrogen (secondary N) is 1.